The van der Waals surface area contributed by atoms with Gasteiger partial charge in [0.1, 0.15) is 6.04 Å². The molecule has 13 nitrogen and oxygen atoms in total. The van der Waals surface area contributed by atoms with E-state index in [9.17, 15) is 24.0 Å². The van der Waals surface area contributed by atoms with Crippen molar-refractivity contribution < 1.29 is 24.0 Å². The third kappa shape index (κ3) is 7.06. The predicted octanol–water partition coefficient (Wildman–Crippen LogP) is 5.07. The van der Waals surface area contributed by atoms with E-state index in [1.807, 2.05) is 35.2 Å². The topological polar surface area (TPSA) is 121 Å². The predicted molar refractivity (Wildman–Crippen MR) is 221 cm³/mol. The van der Waals surface area contributed by atoms with Crippen molar-refractivity contribution in [3.05, 3.63) is 93.8 Å². The minimum Gasteiger partial charge on any atom is -0.372 e. The molecule has 0 aromatic heterocycles. The Hall–Kier alpha value is -5.45. The van der Waals surface area contributed by atoms with Crippen LogP contribution < -0.4 is 20.0 Å². The van der Waals surface area contributed by atoms with Crippen molar-refractivity contribution in [2.75, 3.05) is 86.7 Å². The van der Waals surface area contributed by atoms with Crippen LogP contribution in [-0.2, 0) is 9.59 Å². The van der Waals surface area contributed by atoms with Crippen LogP contribution >= 0.6 is 11.6 Å². The summed E-state index contributed by atoms with van der Waals surface area (Å²) < 4.78 is 0. The molecule has 1 unspecified atom stereocenters. The highest BCUT2D eigenvalue weighted by Gasteiger charge is 2.47. The van der Waals surface area contributed by atoms with E-state index in [2.05, 4.69) is 41.9 Å². The van der Waals surface area contributed by atoms with E-state index in [-0.39, 0.29) is 30.1 Å². The summed E-state index contributed by atoms with van der Waals surface area (Å²) in [5.41, 5.74) is 4.93. The van der Waals surface area contributed by atoms with Crippen LogP contribution in [0.3, 0.4) is 0 Å². The van der Waals surface area contributed by atoms with E-state index in [0.29, 0.717) is 27.8 Å². The maximum Gasteiger partial charge on any atom is 0.264 e. The third-order valence-electron chi connectivity index (χ3n) is 13.4. The van der Waals surface area contributed by atoms with Gasteiger partial charge >= 0.3 is 0 Å². The number of imide groups is 2. The zero-order chi connectivity index (χ0) is 40.1. The quantitative estimate of drug-likeness (QED) is 0.258. The molecule has 1 spiro atoms. The molecular weight excluding hydrogens is 756 g/mol. The molecule has 14 heteroatoms. The molecule has 0 saturated carbocycles. The minimum atomic E-state index is -0.980. The summed E-state index contributed by atoms with van der Waals surface area (Å²) in [5, 5.41) is 2.76. The first-order valence-corrected chi connectivity index (χ1v) is 20.9. The molecule has 58 heavy (non-hydrogen) atoms. The van der Waals surface area contributed by atoms with Crippen molar-refractivity contribution in [2.45, 2.75) is 44.6 Å². The van der Waals surface area contributed by atoms with Crippen LogP contribution in [0, 0.1) is 17.9 Å². The van der Waals surface area contributed by atoms with Gasteiger partial charge in [0.15, 0.2) is 0 Å². The number of hydrogen-bond acceptors (Lipinski definition) is 9. The lowest BCUT2D eigenvalue weighted by Gasteiger charge is -2.40. The largest absolute Gasteiger partial charge is 0.372 e. The number of amides is 5. The van der Waals surface area contributed by atoms with Crippen molar-refractivity contribution in [3.8, 4) is 0 Å². The van der Waals surface area contributed by atoms with Gasteiger partial charge in [0, 0.05) is 100 Å². The van der Waals surface area contributed by atoms with Gasteiger partial charge in [0.05, 0.1) is 23.4 Å². The standard InChI is InChI=1S/C44H47ClN8O5/c1-46-35-10-9-32(25-34(35)45)49-18-14-44(15-19-49)16-20-52(28-44)41(56)30-5-7-31(8-6-30)50-23-21-48(22-24-50)26-29-13-17-51(27-29)36-4-2-3-33-39(36)43(58)53(42(33)57)37-11-12-38(54)47-40(37)55/h2-10,25,29,37H,11-24,26-28H2,(H,47,54,55)/t29-,37?/m0/s1. The van der Waals surface area contributed by atoms with Gasteiger partial charge in [-0.3, -0.25) is 39.1 Å². The van der Waals surface area contributed by atoms with Crippen LogP contribution in [0.5, 0.6) is 0 Å². The van der Waals surface area contributed by atoms with E-state index in [1.54, 1.807) is 18.2 Å². The van der Waals surface area contributed by atoms with Gasteiger partial charge in [-0.2, -0.15) is 0 Å². The Labute approximate surface area is 343 Å². The fraction of sp³-hybridized carbons (Fsp3) is 0.455. The third-order valence-corrected chi connectivity index (χ3v) is 13.7. The highest BCUT2D eigenvalue weighted by molar-refractivity contribution is 6.33. The number of halogens is 1. The second kappa shape index (κ2) is 15.4. The number of nitrogens with zero attached hydrogens (tertiary/aromatic N) is 7. The molecule has 300 valence electrons. The van der Waals surface area contributed by atoms with Crippen molar-refractivity contribution in [3.63, 3.8) is 0 Å². The van der Waals surface area contributed by atoms with E-state index in [0.717, 1.165) is 125 Å². The molecule has 2 atom stereocenters. The number of fused-ring (bicyclic) bond motifs is 1. The smallest absolute Gasteiger partial charge is 0.264 e. The number of piperidine rings is 2. The highest BCUT2D eigenvalue weighted by Crippen LogP contribution is 2.43. The summed E-state index contributed by atoms with van der Waals surface area (Å²) in [5.74, 6) is -1.42. The van der Waals surface area contributed by atoms with Crippen molar-refractivity contribution in [1.29, 1.82) is 0 Å². The van der Waals surface area contributed by atoms with Crippen LogP contribution in [-0.4, -0.2) is 122 Å². The van der Waals surface area contributed by atoms with Crippen LogP contribution in [0.15, 0.2) is 60.7 Å². The zero-order valence-electron chi connectivity index (χ0n) is 32.5. The lowest BCUT2D eigenvalue weighted by atomic mass is 9.77. The Balaban J connectivity index is 0.745. The first-order valence-electron chi connectivity index (χ1n) is 20.5. The molecule has 5 fully saturated rings. The first kappa shape index (κ1) is 38.1. The summed E-state index contributed by atoms with van der Waals surface area (Å²) >= 11 is 6.31. The van der Waals surface area contributed by atoms with Gasteiger partial charge in [-0.05, 0) is 92.0 Å². The van der Waals surface area contributed by atoms with Crippen molar-refractivity contribution >= 4 is 63.9 Å². The molecule has 0 radical (unpaired) electrons. The number of carbonyl (C=O) groups is 5. The molecule has 1 N–H and O–H groups in total. The summed E-state index contributed by atoms with van der Waals surface area (Å²) in [4.78, 5) is 80.9. The normalized spacial score (nSPS) is 23.5. The lowest BCUT2D eigenvalue weighted by molar-refractivity contribution is -0.136. The second-order valence-electron chi connectivity index (χ2n) is 16.8. The number of piperazine rings is 1. The van der Waals surface area contributed by atoms with Gasteiger partial charge in [0.25, 0.3) is 17.7 Å². The van der Waals surface area contributed by atoms with Gasteiger partial charge in [-0.15, -0.1) is 0 Å². The molecule has 0 aliphatic carbocycles. The molecular formula is C44H47ClN8O5. The van der Waals surface area contributed by atoms with E-state index in [4.69, 9.17) is 18.2 Å². The average Bonchev–Trinajstić information content (AvgIpc) is 3.95. The summed E-state index contributed by atoms with van der Waals surface area (Å²) in [6, 6.07) is 18.1. The number of likely N-dealkylation sites (tertiary alicyclic amines) is 1. The monoisotopic (exact) mass is 802 g/mol. The van der Waals surface area contributed by atoms with E-state index < -0.39 is 23.8 Å². The Morgan fingerprint density at radius 1 is 0.810 bits per heavy atom. The Morgan fingerprint density at radius 3 is 2.26 bits per heavy atom. The maximum absolute atomic E-state index is 13.7. The van der Waals surface area contributed by atoms with Crippen LogP contribution in [0.25, 0.3) is 4.85 Å². The van der Waals surface area contributed by atoms with Gasteiger partial charge < -0.3 is 19.6 Å². The van der Waals surface area contributed by atoms with Crippen molar-refractivity contribution in [1.82, 2.24) is 20.0 Å². The van der Waals surface area contributed by atoms with Gasteiger partial charge in [-0.1, -0.05) is 23.7 Å². The Kier molecular flexibility index (Phi) is 10.1. The number of rotatable bonds is 7. The van der Waals surface area contributed by atoms with Crippen molar-refractivity contribution in [2.24, 2.45) is 11.3 Å². The second-order valence-corrected chi connectivity index (χ2v) is 17.2. The molecule has 6 aliphatic heterocycles. The van der Waals surface area contributed by atoms with Gasteiger partial charge in [0.2, 0.25) is 17.5 Å². The van der Waals surface area contributed by atoms with Crippen LogP contribution in [0.4, 0.5) is 22.7 Å². The molecule has 5 amide bonds. The molecule has 6 aliphatic rings. The summed E-state index contributed by atoms with van der Waals surface area (Å²) in [6.45, 7) is 16.8. The van der Waals surface area contributed by atoms with Crippen LogP contribution in [0.1, 0.15) is 69.6 Å². The first-order chi connectivity index (χ1) is 28.1. The van der Waals surface area contributed by atoms with Gasteiger partial charge in [-0.25, -0.2) is 4.85 Å². The Bertz CT molecular complexity index is 2210. The maximum atomic E-state index is 13.7. The summed E-state index contributed by atoms with van der Waals surface area (Å²) in [6.07, 6.45) is 4.27. The number of hydrogen-bond donors (Lipinski definition) is 1. The Morgan fingerprint density at radius 2 is 1.53 bits per heavy atom. The molecule has 5 saturated heterocycles. The fourth-order valence-electron chi connectivity index (χ4n) is 10.1. The molecule has 3 aromatic carbocycles. The van der Waals surface area contributed by atoms with Crippen LogP contribution in [0.2, 0.25) is 5.02 Å². The average molecular weight is 803 g/mol. The minimum absolute atomic E-state index is 0.0914. The molecule has 9 rings (SSSR count). The number of nitrogens with one attached hydrogen (secondary N) is 1. The SMILES string of the molecule is [C-]#[N+]c1ccc(N2CCC3(CCN(C(=O)c4ccc(N5CCN(C[C@@H]6CCN(c7cccc8c7C(=O)N(C7CCC(=O)NC7=O)C8=O)C6)CC5)cc4)C3)CC2)cc1Cl. The molecule has 0 bridgehead atoms. The highest BCUT2D eigenvalue weighted by atomic mass is 35.5. The molecule has 3 aromatic rings. The van der Waals surface area contributed by atoms with E-state index in [1.165, 1.54) is 0 Å². The number of carbonyl (C=O) groups excluding carboxylic acids is 5. The lowest BCUT2D eigenvalue weighted by Crippen LogP contribution is -2.54. The number of anilines is 3. The molecule has 6 heterocycles. The number of benzene rings is 3. The van der Waals surface area contributed by atoms with E-state index >= 15 is 0 Å². The zero-order valence-corrected chi connectivity index (χ0v) is 33.3. The summed E-state index contributed by atoms with van der Waals surface area (Å²) in [7, 11) is 0. The fourth-order valence-corrected chi connectivity index (χ4v) is 10.3.